The molecule has 0 radical (unpaired) electrons. The Hall–Kier alpha value is -3.29. The molecule has 2 aromatic rings. The Morgan fingerprint density at radius 3 is 2.38 bits per heavy atom. The average molecular weight is 402 g/mol. The summed E-state index contributed by atoms with van der Waals surface area (Å²) < 4.78 is 31.9. The van der Waals surface area contributed by atoms with Gasteiger partial charge in [-0.15, -0.1) is 0 Å². The van der Waals surface area contributed by atoms with E-state index in [4.69, 9.17) is 4.74 Å². The molecule has 1 saturated heterocycles. The molecule has 6 nitrogen and oxygen atoms in total. The van der Waals surface area contributed by atoms with Gasteiger partial charge in [-0.1, -0.05) is 18.2 Å². The Morgan fingerprint density at radius 2 is 1.72 bits per heavy atom. The molecule has 2 amide bonds. The summed E-state index contributed by atoms with van der Waals surface area (Å²) in [6.45, 7) is 0.0882. The van der Waals surface area contributed by atoms with Gasteiger partial charge >= 0.3 is 5.97 Å². The number of halogens is 2. The number of nitrogens with one attached hydrogen (secondary N) is 1. The van der Waals surface area contributed by atoms with Gasteiger partial charge in [0.05, 0.1) is 11.5 Å². The maximum atomic E-state index is 13.8. The molecule has 0 saturated carbocycles. The van der Waals surface area contributed by atoms with E-state index in [0.717, 1.165) is 12.1 Å². The van der Waals surface area contributed by atoms with Crippen LogP contribution in [0.2, 0.25) is 0 Å². The summed E-state index contributed by atoms with van der Waals surface area (Å²) in [5.74, 6) is -3.60. The number of benzene rings is 2. The van der Waals surface area contributed by atoms with E-state index in [1.807, 2.05) is 6.07 Å². The molecule has 2 aromatic carbocycles. The van der Waals surface area contributed by atoms with Gasteiger partial charge in [-0.05, 0) is 37.1 Å². The minimum atomic E-state index is -0.916. The summed E-state index contributed by atoms with van der Waals surface area (Å²) in [6.07, 6.45) is 0.682. The molecule has 1 aliphatic heterocycles. The van der Waals surface area contributed by atoms with Crippen LogP contribution in [0.5, 0.6) is 0 Å². The summed E-state index contributed by atoms with van der Waals surface area (Å²) in [6, 6.07) is 11.6. The second-order valence-electron chi connectivity index (χ2n) is 6.71. The Bertz CT molecular complexity index is 897. The molecule has 0 bridgehead atoms. The van der Waals surface area contributed by atoms with Gasteiger partial charge in [0.25, 0.3) is 11.8 Å². The molecule has 1 heterocycles. The SMILES string of the molecule is O=C(COC(=O)C1CCN(C(=O)c2ccc(F)cc2F)CC1)Nc1ccccc1. The Balaban J connectivity index is 1.45. The molecule has 1 fully saturated rings. The zero-order valence-corrected chi connectivity index (χ0v) is 15.6. The highest BCUT2D eigenvalue weighted by atomic mass is 19.1. The fraction of sp³-hybridized carbons (Fsp3) is 0.286. The van der Waals surface area contributed by atoms with E-state index in [9.17, 15) is 23.2 Å². The highest BCUT2D eigenvalue weighted by Crippen LogP contribution is 2.21. The minimum absolute atomic E-state index is 0.204. The first-order valence-corrected chi connectivity index (χ1v) is 9.20. The molecule has 0 spiro atoms. The van der Waals surface area contributed by atoms with Crippen LogP contribution in [-0.2, 0) is 14.3 Å². The molecule has 0 aromatic heterocycles. The van der Waals surface area contributed by atoms with Crippen LogP contribution in [0.1, 0.15) is 23.2 Å². The maximum absolute atomic E-state index is 13.8. The molecule has 152 valence electrons. The molecular weight excluding hydrogens is 382 g/mol. The number of carbonyl (C=O) groups is 3. The van der Waals surface area contributed by atoms with E-state index >= 15 is 0 Å². The summed E-state index contributed by atoms with van der Waals surface area (Å²) in [5, 5.41) is 2.62. The van der Waals surface area contributed by atoms with Crippen LogP contribution in [0.25, 0.3) is 0 Å². The lowest BCUT2D eigenvalue weighted by molar-refractivity contribution is -0.152. The summed E-state index contributed by atoms with van der Waals surface area (Å²) in [5.41, 5.74) is 0.401. The lowest BCUT2D eigenvalue weighted by atomic mass is 9.96. The number of para-hydroxylation sites is 1. The van der Waals surface area contributed by atoms with Gasteiger partial charge in [-0.3, -0.25) is 14.4 Å². The largest absolute Gasteiger partial charge is 0.455 e. The number of carbonyl (C=O) groups excluding carboxylic acids is 3. The quantitative estimate of drug-likeness (QED) is 0.781. The van der Waals surface area contributed by atoms with Crippen molar-refractivity contribution >= 4 is 23.5 Å². The van der Waals surface area contributed by atoms with Gasteiger partial charge in [0.15, 0.2) is 6.61 Å². The van der Waals surface area contributed by atoms with Crippen molar-refractivity contribution in [3.63, 3.8) is 0 Å². The third-order valence-corrected chi connectivity index (χ3v) is 4.68. The third-order valence-electron chi connectivity index (χ3n) is 4.68. The standard InChI is InChI=1S/C21H20F2N2O4/c22-15-6-7-17(18(23)12-15)20(27)25-10-8-14(9-11-25)21(28)29-13-19(26)24-16-4-2-1-3-5-16/h1-7,12,14H,8-11,13H2,(H,24,26). The number of anilines is 1. The van der Waals surface area contributed by atoms with E-state index < -0.39 is 41.9 Å². The predicted octanol–water partition coefficient (Wildman–Crippen LogP) is 3.00. The van der Waals surface area contributed by atoms with E-state index in [-0.39, 0.29) is 18.7 Å². The summed E-state index contributed by atoms with van der Waals surface area (Å²) in [7, 11) is 0. The van der Waals surface area contributed by atoms with Gasteiger partial charge < -0.3 is 15.0 Å². The number of ether oxygens (including phenoxy) is 1. The first-order valence-electron chi connectivity index (χ1n) is 9.20. The van der Waals surface area contributed by atoms with E-state index in [1.54, 1.807) is 24.3 Å². The number of likely N-dealkylation sites (tertiary alicyclic amines) is 1. The number of esters is 1. The van der Waals surface area contributed by atoms with Crippen molar-refractivity contribution in [1.29, 1.82) is 0 Å². The van der Waals surface area contributed by atoms with E-state index in [2.05, 4.69) is 5.32 Å². The molecule has 3 rings (SSSR count). The van der Waals surface area contributed by atoms with Gasteiger partial charge in [0.2, 0.25) is 0 Å². The van der Waals surface area contributed by atoms with Gasteiger partial charge in [-0.2, -0.15) is 0 Å². The van der Waals surface area contributed by atoms with Crippen LogP contribution < -0.4 is 5.32 Å². The molecule has 1 N–H and O–H groups in total. The number of piperidine rings is 1. The maximum Gasteiger partial charge on any atom is 0.309 e. The van der Waals surface area contributed by atoms with Crippen molar-refractivity contribution < 1.29 is 27.9 Å². The first-order chi connectivity index (χ1) is 13.9. The van der Waals surface area contributed by atoms with Crippen LogP contribution in [0.15, 0.2) is 48.5 Å². The molecule has 0 aliphatic carbocycles. The zero-order valence-electron chi connectivity index (χ0n) is 15.6. The van der Waals surface area contributed by atoms with Crippen LogP contribution in [0, 0.1) is 17.6 Å². The highest BCUT2D eigenvalue weighted by Gasteiger charge is 2.30. The molecule has 0 unspecified atom stereocenters. The van der Waals surface area contributed by atoms with Crippen LogP contribution in [0.3, 0.4) is 0 Å². The Labute approximate surface area is 166 Å². The number of nitrogens with zero attached hydrogens (tertiary/aromatic N) is 1. The van der Waals surface area contributed by atoms with Crippen molar-refractivity contribution in [3.8, 4) is 0 Å². The molecule has 1 aliphatic rings. The fourth-order valence-corrected chi connectivity index (χ4v) is 3.12. The van der Waals surface area contributed by atoms with Gasteiger partial charge in [0, 0.05) is 24.8 Å². The van der Waals surface area contributed by atoms with Crippen LogP contribution >= 0.6 is 0 Å². The second kappa shape index (κ2) is 9.27. The normalized spacial score (nSPS) is 14.3. The van der Waals surface area contributed by atoms with Crippen molar-refractivity contribution in [1.82, 2.24) is 4.90 Å². The second-order valence-corrected chi connectivity index (χ2v) is 6.71. The zero-order chi connectivity index (χ0) is 20.8. The predicted molar refractivity (Wildman–Crippen MR) is 101 cm³/mol. The lowest BCUT2D eigenvalue weighted by Gasteiger charge is -2.31. The van der Waals surface area contributed by atoms with Gasteiger partial charge in [0.1, 0.15) is 11.6 Å². The first kappa shape index (κ1) is 20.4. The number of rotatable bonds is 5. The number of amides is 2. The van der Waals surface area contributed by atoms with Crippen molar-refractivity contribution in [2.45, 2.75) is 12.8 Å². The summed E-state index contributed by atoms with van der Waals surface area (Å²) >= 11 is 0. The van der Waals surface area contributed by atoms with Crippen LogP contribution in [0.4, 0.5) is 14.5 Å². The average Bonchev–Trinajstić information content (AvgIpc) is 2.72. The highest BCUT2D eigenvalue weighted by molar-refractivity contribution is 5.95. The monoisotopic (exact) mass is 402 g/mol. The summed E-state index contributed by atoms with van der Waals surface area (Å²) in [4.78, 5) is 37.8. The Morgan fingerprint density at radius 1 is 1.03 bits per heavy atom. The van der Waals surface area contributed by atoms with Crippen LogP contribution in [-0.4, -0.2) is 42.4 Å². The third kappa shape index (κ3) is 5.37. The molecular formula is C21H20F2N2O4. The van der Waals surface area contributed by atoms with Crippen molar-refractivity contribution in [2.75, 3.05) is 25.0 Å². The van der Waals surface area contributed by atoms with E-state index in [1.165, 1.54) is 4.90 Å². The molecule has 0 atom stereocenters. The lowest BCUT2D eigenvalue weighted by Crippen LogP contribution is -2.41. The number of hydrogen-bond donors (Lipinski definition) is 1. The Kier molecular flexibility index (Phi) is 6.54. The fourth-order valence-electron chi connectivity index (χ4n) is 3.12. The van der Waals surface area contributed by atoms with Gasteiger partial charge in [-0.25, -0.2) is 8.78 Å². The topological polar surface area (TPSA) is 75.7 Å². The smallest absolute Gasteiger partial charge is 0.309 e. The van der Waals surface area contributed by atoms with Crippen molar-refractivity contribution in [2.24, 2.45) is 5.92 Å². The number of hydrogen-bond acceptors (Lipinski definition) is 4. The molecule has 29 heavy (non-hydrogen) atoms. The minimum Gasteiger partial charge on any atom is -0.455 e. The molecule has 8 heteroatoms. The van der Waals surface area contributed by atoms with E-state index in [0.29, 0.717) is 24.6 Å². The van der Waals surface area contributed by atoms with Crippen molar-refractivity contribution in [3.05, 3.63) is 65.7 Å².